The minimum absolute atomic E-state index is 0.0361. The van der Waals surface area contributed by atoms with E-state index in [0.29, 0.717) is 23.6 Å². The molecule has 1 aromatic carbocycles. The van der Waals surface area contributed by atoms with E-state index in [2.05, 4.69) is 5.32 Å². The number of benzene rings is 1. The van der Waals surface area contributed by atoms with Gasteiger partial charge in [-0.05, 0) is 50.8 Å². The van der Waals surface area contributed by atoms with Crippen molar-refractivity contribution in [2.75, 3.05) is 11.9 Å². The summed E-state index contributed by atoms with van der Waals surface area (Å²) in [5.74, 6) is 0.727. The third-order valence-corrected chi connectivity index (χ3v) is 3.94. The number of nitrogens with one attached hydrogen (secondary N) is 1. The second kappa shape index (κ2) is 7.43. The molecule has 5 nitrogen and oxygen atoms in total. The molecule has 0 heterocycles. The highest BCUT2D eigenvalue weighted by molar-refractivity contribution is 5.92. The van der Waals surface area contributed by atoms with E-state index in [4.69, 9.17) is 10.5 Å². The van der Waals surface area contributed by atoms with Crippen LogP contribution in [0, 0.1) is 5.92 Å². The molecular weight excluding hydrogens is 268 g/mol. The van der Waals surface area contributed by atoms with Crippen molar-refractivity contribution in [1.29, 1.82) is 0 Å². The number of carbonyl (C=O) groups excluding carboxylic acids is 1. The lowest BCUT2D eigenvalue weighted by Gasteiger charge is -2.25. The van der Waals surface area contributed by atoms with Gasteiger partial charge in [0.25, 0.3) is 0 Å². The Morgan fingerprint density at radius 3 is 2.71 bits per heavy atom. The molecule has 116 valence electrons. The van der Waals surface area contributed by atoms with Crippen LogP contribution in [0.5, 0.6) is 5.75 Å². The molecule has 1 aromatic rings. The Balaban J connectivity index is 2.00. The van der Waals surface area contributed by atoms with E-state index in [1.807, 2.05) is 6.92 Å². The van der Waals surface area contributed by atoms with Gasteiger partial charge in [-0.3, -0.25) is 4.79 Å². The molecule has 0 unspecified atom stereocenters. The Morgan fingerprint density at radius 2 is 2.10 bits per heavy atom. The van der Waals surface area contributed by atoms with Crippen LogP contribution in [-0.2, 0) is 11.4 Å². The molecule has 1 aliphatic carbocycles. The molecule has 0 radical (unpaired) electrons. The fraction of sp³-hybridized carbons (Fsp3) is 0.562. The zero-order valence-electron chi connectivity index (χ0n) is 12.5. The summed E-state index contributed by atoms with van der Waals surface area (Å²) < 4.78 is 5.43. The van der Waals surface area contributed by atoms with Gasteiger partial charge in [0.2, 0.25) is 5.91 Å². The predicted octanol–water partition coefficient (Wildman–Crippen LogP) is 2.03. The molecule has 5 heteroatoms. The number of hydrogen-bond donors (Lipinski definition) is 3. The lowest BCUT2D eigenvalue weighted by molar-refractivity contribution is -0.120. The number of ether oxygens (including phenoxy) is 1. The monoisotopic (exact) mass is 292 g/mol. The van der Waals surface area contributed by atoms with Crippen LogP contribution in [0.25, 0.3) is 0 Å². The summed E-state index contributed by atoms with van der Waals surface area (Å²) in [6, 6.07) is 5.58. The molecule has 1 amide bonds. The van der Waals surface area contributed by atoms with E-state index in [9.17, 15) is 9.90 Å². The highest BCUT2D eigenvalue weighted by atomic mass is 16.5. The maximum Gasteiger partial charge on any atom is 0.227 e. The van der Waals surface area contributed by atoms with Crippen LogP contribution in [0.2, 0.25) is 0 Å². The maximum atomic E-state index is 12.2. The van der Waals surface area contributed by atoms with Crippen LogP contribution in [0.1, 0.15) is 38.2 Å². The van der Waals surface area contributed by atoms with E-state index >= 15 is 0 Å². The summed E-state index contributed by atoms with van der Waals surface area (Å²) in [7, 11) is 0. The zero-order valence-corrected chi connectivity index (χ0v) is 12.5. The van der Waals surface area contributed by atoms with Crippen molar-refractivity contribution < 1.29 is 14.6 Å². The SMILES string of the molecule is CCOc1ccc(NC(=O)C2CCC(N)CC2)cc1CO. The lowest BCUT2D eigenvalue weighted by Crippen LogP contribution is -2.32. The van der Waals surface area contributed by atoms with Gasteiger partial charge in [-0.2, -0.15) is 0 Å². The Hall–Kier alpha value is -1.59. The molecule has 21 heavy (non-hydrogen) atoms. The van der Waals surface area contributed by atoms with Crippen LogP contribution >= 0.6 is 0 Å². The minimum atomic E-state index is -0.114. The number of nitrogens with two attached hydrogens (primary N) is 1. The van der Waals surface area contributed by atoms with Crippen LogP contribution < -0.4 is 15.8 Å². The van der Waals surface area contributed by atoms with Crippen molar-refractivity contribution in [1.82, 2.24) is 0 Å². The fourth-order valence-corrected chi connectivity index (χ4v) is 2.70. The molecule has 0 spiro atoms. The van der Waals surface area contributed by atoms with E-state index in [1.165, 1.54) is 0 Å². The van der Waals surface area contributed by atoms with Crippen molar-refractivity contribution in [3.63, 3.8) is 0 Å². The number of aliphatic hydroxyl groups is 1. The average Bonchev–Trinajstić information content (AvgIpc) is 2.49. The summed E-state index contributed by atoms with van der Waals surface area (Å²) in [6.07, 6.45) is 3.50. The number of aliphatic hydroxyl groups excluding tert-OH is 1. The fourth-order valence-electron chi connectivity index (χ4n) is 2.70. The average molecular weight is 292 g/mol. The predicted molar refractivity (Wildman–Crippen MR) is 82.1 cm³/mol. The van der Waals surface area contributed by atoms with Gasteiger partial charge in [0.1, 0.15) is 5.75 Å². The molecule has 2 rings (SSSR count). The Labute approximate surface area is 125 Å². The second-order valence-electron chi connectivity index (χ2n) is 5.51. The largest absolute Gasteiger partial charge is 0.494 e. The van der Waals surface area contributed by atoms with Gasteiger partial charge < -0.3 is 20.9 Å². The topological polar surface area (TPSA) is 84.6 Å². The molecule has 1 aliphatic rings. The van der Waals surface area contributed by atoms with E-state index in [1.54, 1.807) is 18.2 Å². The van der Waals surface area contributed by atoms with Gasteiger partial charge in [0.05, 0.1) is 13.2 Å². The van der Waals surface area contributed by atoms with Gasteiger partial charge in [-0.25, -0.2) is 0 Å². The van der Waals surface area contributed by atoms with Crippen LogP contribution in [0.3, 0.4) is 0 Å². The first kappa shape index (κ1) is 15.8. The van der Waals surface area contributed by atoms with Crippen molar-refractivity contribution in [3.8, 4) is 5.75 Å². The standard InChI is InChI=1S/C16H24N2O3/c1-2-21-15-8-7-14(9-12(15)10-19)18-16(20)11-3-5-13(17)6-4-11/h7-9,11,13,19H,2-6,10,17H2,1H3,(H,18,20). The van der Waals surface area contributed by atoms with Gasteiger partial charge in [0, 0.05) is 23.2 Å². The number of carbonyl (C=O) groups is 1. The van der Waals surface area contributed by atoms with Gasteiger partial charge >= 0.3 is 0 Å². The van der Waals surface area contributed by atoms with Crippen LogP contribution in [-0.4, -0.2) is 23.7 Å². The molecule has 0 aliphatic heterocycles. The maximum absolute atomic E-state index is 12.2. The molecule has 4 N–H and O–H groups in total. The minimum Gasteiger partial charge on any atom is -0.494 e. The van der Waals surface area contributed by atoms with Crippen molar-refractivity contribution >= 4 is 11.6 Å². The van der Waals surface area contributed by atoms with Crippen LogP contribution in [0.15, 0.2) is 18.2 Å². The summed E-state index contributed by atoms with van der Waals surface area (Å²) in [5.41, 5.74) is 7.24. The third-order valence-electron chi connectivity index (χ3n) is 3.94. The van der Waals surface area contributed by atoms with Crippen molar-refractivity contribution in [2.24, 2.45) is 11.7 Å². The highest BCUT2D eigenvalue weighted by Crippen LogP contribution is 2.26. The Morgan fingerprint density at radius 1 is 1.38 bits per heavy atom. The summed E-state index contributed by atoms with van der Waals surface area (Å²) >= 11 is 0. The summed E-state index contributed by atoms with van der Waals surface area (Å²) in [5, 5.41) is 12.3. The van der Waals surface area contributed by atoms with Crippen molar-refractivity contribution in [2.45, 2.75) is 45.3 Å². The van der Waals surface area contributed by atoms with Crippen LogP contribution in [0.4, 0.5) is 5.69 Å². The summed E-state index contributed by atoms with van der Waals surface area (Å²) in [4.78, 5) is 12.2. The number of hydrogen-bond acceptors (Lipinski definition) is 4. The third kappa shape index (κ3) is 4.19. The quantitative estimate of drug-likeness (QED) is 0.775. The Bertz CT molecular complexity index is 482. The first-order chi connectivity index (χ1) is 10.1. The number of rotatable bonds is 5. The lowest BCUT2D eigenvalue weighted by atomic mass is 9.86. The summed E-state index contributed by atoms with van der Waals surface area (Å²) in [6.45, 7) is 2.32. The van der Waals surface area contributed by atoms with Gasteiger partial charge in [-0.1, -0.05) is 0 Å². The molecule has 0 bridgehead atoms. The molecule has 0 aromatic heterocycles. The molecule has 1 fully saturated rings. The first-order valence-corrected chi connectivity index (χ1v) is 7.57. The van der Waals surface area contributed by atoms with Crippen molar-refractivity contribution in [3.05, 3.63) is 23.8 Å². The first-order valence-electron chi connectivity index (χ1n) is 7.57. The smallest absolute Gasteiger partial charge is 0.227 e. The second-order valence-corrected chi connectivity index (χ2v) is 5.51. The molecule has 0 saturated heterocycles. The normalized spacial score (nSPS) is 21.9. The van der Waals surface area contributed by atoms with Gasteiger partial charge in [-0.15, -0.1) is 0 Å². The van der Waals surface area contributed by atoms with E-state index in [-0.39, 0.29) is 24.5 Å². The molecular formula is C16H24N2O3. The molecule has 1 saturated carbocycles. The van der Waals surface area contributed by atoms with E-state index in [0.717, 1.165) is 25.7 Å². The molecule has 0 atom stereocenters. The zero-order chi connectivity index (χ0) is 15.2. The van der Waals surface area contributed by atoms with Gasteiger partial charge in [0.15, 0.2) is 0 Å². The van der Waals surface area contributed by atoms with E-state index < -0.39 is 0 Å². The Kier molecular flexibility index (Phi) is 5.59. The highest BCUT2D eigenvalue weighted by Gasteiger charge is 2.24. The number of amides is 1. The number of anilines is 1.